The van der Waals surface area contributed by atoms with Crippen molar-refractivity contribution in [3.05, 3.63) is 46.4 Å². The van der Waals surface area contributed by atoms with Gasteiger partial charge >= 0.3 is 0 Å². The molecule has 4 heteroatoms. The SMILES string of the molecule is CCCN=C(NN)c1ccc2cc(Br)ccc2c1. The van der Waals surface area contributed by atoms with Crippen molar-refractivity contribution < 1.29 is 0 Å². The third-order valence-corrected chi connectivity index (χ3v) is 3.20. The van der Waals surface area contributed by atoms with E-state index < -0.39 is 0 Å². The van der Waals surface area contributed by atoms with Crippen molar-refractivity contribution in [3.63, 3.8) is 0 Å². The van der Waals surface area contributed by atoms with Gasteiger partial charge in [0.15, 0.2) is 0 Å². The quantitative estimate of drug-likeness (QED) is 0.396. The molecule has 3 nitrogen and oxygen atoms in total. The highest BCUT2D eigenvalue weighted by atomic mass is 79.9. The predicted molar refractivity (Wildman–Crippen MR) is 80.7 cm³/mol. The summed E-state index contributed by atoms with van der Waals surface area (Å²) in [5.41, 5.74) is 3.68. The van der Waals surface area contributed by atoms with E-state index in [2.05, 4.69) is 57.5 Å². The summed E-state index contributed by atoms with van der Waals surface area (Å²) in [7, 11) is 0. The normalized spacial score (nSPS) is 11.8. The van der Waals surface area contributed by atoms with Gasteiger partial charge in [0, 0.05) is 16.6 Å². The minimum atomic E-state index is 0.738. The Hall–Kier alpha value is -1.39. The highest BCUT2D eigenvalue weighted by molar-refractivity contribution is 9.10. The minimum absolute atomic E-state index is 0.738. The van der Waals surface area contributed by atoms with Crippen LogP contribution in [-0.4, -0.2) is 12.4 Å². The van der Waals surface area contributed by atoms with Crippen LogP contribution in [0.25, 0.3) is 10.8 Å². The van der Waals surface area contributed by atoms with Crippen LogP contribution in [0.4, 0.5) is 0 Å². The molecule has 0 bridgehead atoms. The molecule has 0 aromatic heterocycles. The van der Waals surface area contributed by atoms with Crippen molar-refractivity contribution in [1.29, 1.82) is 0 Å². The molecular formula is C14H16BrN3. The largest absolute Gasteiger partial charge is 0.308 e. The highest BCUT2D eigenvalue weighted by Gasteiger charge is 2.03. The van der Waals surface area contributed by atoms with Crippen molar-refractivity contribution in [2.24, 2.45) is 10.8 Å². The molecule has 0 aliphatic carbocycles. The van der Waals surface area contributed by atoms with Crippen LogP contribution >= 0.6 is 15.9 Å². The average molecular weight is 306 g/mol. The zero-order valence-corrected chi connectivity index (χ0v) is 11.9. The summed E-state index contributed by atoms with van der Waals surface area (Å²) in [5, 5.41) is 2.37. The Labute approximate surface area is 115 Å². The summed E-state index contributed by atoms with van der Waals surface area (Å²) in [4.78, 5) is 4.43. The molecule has 2 aromatic rings. The fourth-order valence-corrected chi connectivity index (χ4v) is 2.19. The lowest BCUT2D eigenvalue weighted by molar-refractivity contribution is 0.908. The molecule has 0 radical (unpaired) electrons. The lowest BCUT2D eigenvalue weighted by Crippen LogP contribution is -2.31. The van der Waals surface area contributed by atoms with Crippen molar-refractivity contribution in [2.75, 3.05) is 6.54 Å². The van der Waals surface area contributed by atoms with Crippen LogP contribution < -0.4 is 11.3 Å². The molecule has 2 rings (SSSR count). The van der Waals surface area contributed by atoms with Gasteiger partial charge in [-0.25, -0.2) is 5.84 Å². The number of hydrogen-bond acceptors (Lipinski definition) is 2. The number of nitrogens with zero attached hydrogens (tertiary/aromatic N) is 1. The average Bonchev–Trinajstić information content (AvgIpc) is 2.39. The van der Waals surface area contributed by atoms with Crippen molar-refractivity contribution >= 4 is 32.5 Å². The van der Waals surface area contributed by atoms with Gasteiger partial charge < -0.3 is 5.43 Å². The second-order valence-corrected chi connectivity index (χ2v) is 5.00. The Morgan fingerprint density at radius 3 is 2.67 bits per heavy atom. The van der Waals surface area contributed by atoms with Crippen LogP contribution in [0.5, 0.6) is 0 Å². The summed E-state index contributed by atoms with van der Waals surface area (Å²) in [5.74, 6) is 6.26. The molecule has 0 aliphatic rings. The van der Waals surface area contributed by atoms with Crippen molar-refractivity contribution in [3.8, 4) is 0 Å². The third kappa shape index (κ3) is 2.89. The molecule has 94 valence electrons. The summed E-state index contributed by atoms with van der Waals surface area (Å²) in [6.45, 7) is 2.87. The molecule has 0 aliphatic heterocycles. The number of aliphatic imine (C=N–C) groups is 1. The first-order valence-corrected chi connectivity index (χ1v) is 6.74. The van der Waals surface area contributed by atoms with Gasteiger partial charge in [-0.1, -0.05) is 41.1 Å². The molecule has 3 N–H and O–H groups in total. The smallest absolute Gasteiger partial charge is 0.142 e. The first-order valence-electron chi connectivity index (χ1n) is 5.95. The molecule has 0 amide bonds. The van der Waals surface area contributed by atoms with Crippen LogP contribution in [-0.2, 0) is 0 Å². The van der Waals surface area contributed by atoms with Crippen LogP contribution in [0.3, 0.4) is 0 Å². The number of hydrogen-bond donors (Lipinski definition) is 2. The molecule has 0 saturated heterocycles. The van der Waals surface area contributed by atoms with Gasteiger partial charge in [0.05, 0.1) is 0 Å². The predicted octanol–water partition coefficient (Wildman–Crippen LogP) is 3.22. The lowest BCUT2D eigenvalue weighted by atomic mass is 10.1. The molecule has 0 unspecified atom stereocenters. The molecule has 18 heavy (non-hydrogen) atoms. The van der Waals surface area contributed by atoms with Gasteiger partial charge in [-0.05, 0) is 35.4 Å². The Morgan fingerprint density at radius 2 is 1.94 bits per heavy atom. The maximum atomic E-state index is 5.53. The van der Waals surface area contributed by atoms with Gasteiger partial charge in [-0.15, -0.1) is 0 Å². The monoisotopic (exact) mass is 305 g/mol. The van der Waals surface area contributed by atoms with E-state index in [4.69, 9.17) is 5.84 Å². The number of amidine groups is 1. The van der Waals surface area contributed by atoms with E-state index in [1.54, 1.807) is 0 Å². The van der Waals surface area contributed by atoms with Gasteiger partial charge in [-0.2, -0.15) is 0 Å². The van der Waals surface area contributed by atoms with Crippen LogP contribution in [0.1, 0.15) is 18.9 Å². The van der Waals surface area contributed by atoms with Crippen molar-refractivity contribution in [1.82, 2.24) is 5.43 Å². The number of benzene rings is 2. The van der Waals surface area contributed by atoms with Crippen LogP contribution in [0, 0.1) is 0 Å². The minimum Gasteiger partial charge on any atom is -0.308 e. The van der Waals surface area contributed by atoms with Gasteiger partial charge in [0.1, 0.15) is 5.84 Å². The standard InChI is InChI=1S/C14H16BrN3/c1-2-7-17-14(18-16)12-4-3-11-9-13(15)6-5-10(11)8-12/h3-6,8-9H,2,7,16H2,1H3,(H,17,18). The second-order valence-electron chi connectivity index (χ2n) is 4.08. The Kier molecular flexibility index (Phi) is 4.33. The van der Waals surface area contributed by atoms with E-state index >= 15 is 0 Å². The van der Waals surface area contributed by atoms with E-state index in [1.165, 1.54) is 10.8 Å². The zero-order chi connectivity index (χ0) is 13.0. The summed E-state index contributed by atoms with van der Waals surface area (Å²) in [6, 6.07) is 12.4. The molecule has 0 atom stereocenters. The van der Waals surface area contributed by atoms with Crippen LogP contribution in [0.15, 0.2) is 45.9 Å². The second kappa shape index (κ2) is 5.98. The van der Waals surface area contributed by atoms with Gasteiger partial charge in [-0.3, -0.25) is 4.99 Å². The van der Waals surface area contributed by atoms with E-state index in [1.807, 2.05) is 12.1 Å². The number of nitrogens with two attached hydrogens (primary N) is 1. The molecule has 0 heterocycles. The number of fused-ring (bicyclic) bond motifs is 1. The van der Waals surface area contributed by atoms with Gasteiger partial charge in [0.25, 0.3) is 0 Å². The fourth-order valence-electron chi connectivity index (χ4n) is 1.81. The molecule has 0 fully saturated rings. The molecule has 0 saturated carbocycles. The van der Waals surface area contributed by atoms with E-state index in [0.717, 1.165) is 28.8 Å². The summed E-state index contributed by atoms with van der Waals surface area (Å²) < 4.78 is 1.08. The Morgan fingerprint density at radius 1 is 1.22 bits per heavy atom. The topological polar surface area (TPSA) is 50.4 Å². The highest BCUT2D eigenvalue weighted by Crippen LogP contribution is 2.21. The number of halogens is 1. The van der Waals surface area contributed by atoms with E-state index in [0.29, 0.717) is 0 Å². The number of hydrazine groups is 1. The summed E-state index contributed by atoms with van der Waals surface area (Å²) >= 11 is 3.47. The first kappa shape index (κ1) is 13.1. The third-order valence-electron chi connectivity index (χ3n) is 2.71. The molecular weight excluding hydrogens is 290 g/mol. The lowest BCUT2D eigenvalue weighted by Gasteiger charge is -2.07. The fraction of sp³-hybridized carbons (Fsp3) is 0.214. The maximum Gasteiger partial charge on any atom is 0.142 e. The molecule has 2 aromatic carbocycles. The first-order chi connectivity index (χ1) is 8.74. The van der Waals surface area contributed by atoms with E-state index in [-0.39, 0.29) is 0 Å². The summed E-state index contributed by atoms with van der Waals surface area (Å²) in [6.07, 6.45) is 1.01. The van der Waals surface area contributed by atoms with Crippen molar-refractivity contribution in [2.45, 2.75) is 13.3 Å². The number of rotatable bonds is 3. The van der Waals surface area contributed by atoms with Gasteiger partial charge in [0.2, 0.25) is 0 Å². The Bertz CT molecular complexity index is 578. The molecule has 0 spiro atoms. The Balaban J connectivity index is 2.42. The number of nitrogens with one attached hydrogen (secondary N) is 1. The zero-order valence-electron chi connectivity index (χ0n) is 10.3. The van der Waals surface area contributed by atoms with E-state index in [9.17, 15) is 0 Å². The van der Waals surface area contributed by atoms with Crippen LogP contribution in [0.2, 0.25) is 0 Å². The maximum absolute atomic E-state index is 5.53.